The van der Waals surface area contributed by atoms with Gasteiger partial charge < -0.3 is 10.0 Å². The summed E-state index contributed by atoms with van der Waals surface area (Å²) in [7, 11) is 1.85. The van der Waals surface area contributed by atoms with Gasteiger partial charge in [-0.25, -0.2) is 0 Å². The third-order valence-corrected chi connectivity index (χ3v) is 3.77. The highest BCUT2D eigenvalue weighted by molar-refractivity contribution is 5.79. The Morgan fingerprint density at radius 3 is 2.32 bits per heavy atom. The number of carbonyl (C=O) groups is 2. The normalized spacial score (nSPS) is 16.6. The highest BCUT2D eigenvalue weighted by Crippen LogP contribution is 2.21. The van der Waals surface area contributed by atoms with Crippen LogP contribution in [0.4, 0.5) is 0 Å². The maximum absolute atomic E-state index is 12.2. The SMILES string of the molecule is CCCN(CC(=O)O)CC(=O)N(C)C1CCCCC1. The summed E-state index contributed by atoms with van der Waals surface area (Å²) in [5.41, 5.74) is 0. The van der Waals surface area contributed by atoms with Crippen molar-refractivity contribution in [3.8, 4) is 0 Å². The second kappa shape index (κ2) is 8.15. The molecule has 0 spiro atoms. The van der Waals surface area contributed by atoms with E-state index in [0.29, 0.717) is 12.6 Å². The minimum atomic E-state index is -0.874. The average Bonchev–Trinajstić information content (AvgIpc) is 2.38. The summed E-state index contributed by atoms with van der Waals surface area (Å²) in [4.78, 5) is 26.5. The van der Waals surface area contributed by atoms with Gasteiger partial charge in [0.1, 0.15) is 0 Å². The van der Waals surface area contributed by atoms with Crippen LogP contribution in [0.2, 0.25) is 0 Å². The Bertz CT molecular complexity index is 301. The van der Waals surface area contributed by atoms with E-state index in [2.05, 4.69) is 0 Å². The molecule has 0 aromatic rings. The van der Waals surface area contributed by atoms with E-state index in [-0.39, 0.29) is 19.0 Å². The van der Waals surface area contributed by atoms with Crippen LogP contribution in [0.25, 0.3) is 0 Å². The number of amides is 1. The van der Waals surface area contributed by atoms with Gasteiger partial charge in [0.2, 0.25) is 5.91 Å². The molecule has 0 aromatic carbocycles. The molecule has 1 rings (SSSR count). The molecule has 1 amide bonds. The zero-order chi connectivity index (χ0) is 14.3. The first-order chi connectivity index (χ1) is 9.04. The van der Waals surface area contributed by atoms with E-state index in [0.717, 1.165) is 19.3 Å². The fraction of sp³-hybridized carbons (Fsp3) is 0.857. The Hall–Kier alpha value is -1.10. The van der Waals surface area contributed by atoms with Crippen LogP contribution in [0, 0.1) is 0 Å². The van der Waals surface area contributed by atoms with Gasteiger partial charge in [-0.2, -0.15) is 0 Å². The summed E-state index contributed by atoms with van der Waals surface area (Å²) in [5.74, 6) is -0.830. The van der Waals surface area contributed by atoms with E-state index < -0.39 is 5.97 Å². The summed E-state index contributed by atoms with van der Waals surface area (Å²) in [6.45, 7) is 2.80. The summed E-state index contributed by atoms with van der Waals surface area (Å²) in [5, 5.41) is 8.84. The monoisotopic (exact) mass is 270 g/mol. The standard InChI is InChI=1S/C14H26N2O3/c1-3-9-16(11-14(18)19)10-13(17)15(2)12-7-5-4-6-8-12/h12H,3-11H2,1-2H3,(H,18,19). The van der Waals surface area contributed by atoms with Gasteiger partial charge in [0.05, 0.1) is 13.1 Å². The Morgan fingerprint density at radius 2 is 1.79 bits per heavy atom. The number of likely N-dealkylation sites (N-methyl/N-ethyl adjacent to an activating group) is 1. The number of aliphatic carboxylic acids is 1. The Labute approximate surface area is 115 Å². The smallest absolute Gasteiger partial charge is 0.317 e. The number of carbonyl (C=O) groups excluding carboxylic acids is 1. The van der Waals surface area contributed by atoms with E-state index >= 15 is 0 Å². The zero-order valence-corrected chi connectivity index (χ0v) is 12.1. The lowest BCUT2D eigenvalue weighted by Crippen LogP contribution is -2.45. The van der Waals surface area contributed by atoms with Gasteiger partial charge in [0.25, 0.3) is 0 Å². The largest absolute Gasteiger partial charge is 0.480 e. The minimum absolute atomic E-state index is 0.0431. The maximum atomic E-state index is 12.2. The number of hydrogen-bond donors (Lipinski definition) is 1. The van der Waals surface area contributed by atoms with Gasteiger partial charge in [-0.15, -0.1) is 0 Å². The molecular formula is C14H26N2O3. The zero-order valence-electron chi connectivity index (χ0n) is 12.1. The summed E-state index contributed by atoms with van der Waals surface area (Å²) in [6, 6.07) is 0.342. The van der Waals surface area contributed by atoms with Gasteiger partial charge in [0, 0.05) is 13.1 Å². The molecule has 1 aliphatic rings. The molecule has 0 aliphatic heterocycles. The molecule has 1 aliphatic carbocycles. The molecule has 1 N–H and O–H groups in total. The molecular weight excluding hydrogens is 244 g/mol. The molecule has 5 nitrogen and oxygen atoms in total. The Kier molecular flexibility index (Phi) is 6.84. The lowest BCUT2D eigenvalue weighted by atomic mass is 9.94. The van der Waals surface area contributed by atoms with Gasteiger partial charge in [-0.3, -0.25) is 14.5 Å². The predicted molar refractivity (Wildman–Crippen MR) is 74.0 cm³/mol. The molecule has 0 aromatic heterocycles. The van der Waals surface area contributed by atoms with E-state index in [4.69, 9.17) is 5.11 Å². The van der Waals surface area contributed by atoms with Crippen molar-refractivity contribution in [2.45, 2.75) is 51.5 Å². The molecule has 0 unspecified atom stereocenters. The molecule has 0 saturated heterocycles. The topological polar surface area (TPSA) is 60.9 Å². The maximum Gasteiger partial charge on any atom is 0.317 e. The van der Waals surface area contributed by atoms with Gasteiger partial charge in [-0.05, 0) is 25.8 Å². The van der Waals surface area contributed by atoms with Crippen LogP contribution in [0.3, 0.4) is 0 Å². The summed E-state index contributed by atoms with van der Waals surface area (Å²) >= 11 is 0. The highest BCUT2D eigenvalue weighted by atomic mass is 16.4. The van der Waals surface area contributed by atoms with Crippen molar-refractivity contribution in [2.75, 3.05) is 26.7 Å². The number of rotatable bonds is 7. The summed E-state index contributed by atoms with van der Waals surface area (Å²) < 4.78 is 0. The molecule has 0 radical (unpaired) electrons. The highest BCUT2D eigenvalue weighted by Gasteiger charge is 2.23. The molecule has 110 valence electrons. The molecule has 19 heavy (non-hydrogen) atoms. The third kappa shape index (κ3) is 5.59. The van der Waals surface area contributed by atoms with Crippen LogP contribution in [-0.4, -0.2) is 59.5 Å². The number of hydrogen-bond acceptors (Lipinski definition) is 3. The van der Waals surface area contributed by atoms with Crippen LogP contribution in [0.5, 0.6) is 0 Å². The van der Waals surface area contributed by atoms with E-state index in [1.165, 1.54) is 19.3 Å². The van der Waals surface area contributed by atoms with Crippen molar-refractivity contribution in [2.24, 2.45) is 0 Å². The fourth-order valence-electron chi connectivity index (χ4n) is 2.70. The van der Waals surface area contributed by atoms with Crippen molar-refractivity contribution >= 4 is 11.9 Å². The van der Waals surface area contributed by atoms with Gasteiger partial charge in [-0.1, -0.05) is 26.2 Å². The van der Waals surface area contributed by atoms with Crippen molar-refractivity contribution in [1.82, 2.24) is 9.80 Å². The van der Waals surface area contributed by atoms with Crippen molar-refractivity contribution in [3.63, 3.8) is 0 Å². The predicted octanol–water partition coefficient (Wildman–Crippen LogP) is 1.57. The minimum Gasteiger partial charge on any atom is -0.480 e. The lowest BCUT2D eigenvalue weighted by molar-refractivity contribution is -0.140. The van der Waals surface area contributed by atoms with Gasteiger partial charge >= 0.3 is 5.97 Å². The number of carboxylic acid groups (broad SMARTS) is 1. The second-order valence-electron chi connectivity index (χ2n) is 5.40. The first-order valence-electron chi connectivity index (χ1n) is 7.24. The molecule has 0 heterocycles. The van der Waals surface area contributed by atoms with Crippen LogP contribution in [0.1, 0.15) is 45.4 Å². The van der Waals surface area contributed by atoms with Crippen molar-refractivity contribution in [3.05, 3.63) is 0 Å². The second-order valence-corrected chi connectivity index (χ2v) is 5.40. The Balaban J connectivity index is 2.47. The van der Waals surface area contributed by atoms with Crippen LogP contribution in [0.15, 0.2) is 0 Å². The first kappa shape index (κ1) is 16.0. The van der Waals surface area contributed by atoms with E-state index in [1.807, 2.05) is 18.9 Å². The van der Waals surface area contributed by atoms with E-state index in [9.17, 15) is 9.59 Å². The van der Waals surface area contributed by atoms with Gasteiger partial charge in [0.15, 0.2) is 0 Å². The van der Waals surface area contributed by atoms with E-state index in [1.54, 1.807) is 4.90 Å². The van der Waals surface area contributed by atoms with Crippen molar-refractivity contribution < 1.29 is 14.7 Å². The molecule has 0 bridgehead atoms. The fourth-order valence-corrected chi connectivity index (χ4v) is 2.70. The molecule has 0 atom stereocenters. The van der Waals surface area contributed by atoms with Crippen LogP contribution < -0.4 is 0 Å². The van der Waals surface area contributed by atoms with Crippen LogP contribution in [-0.2, 0) is 9.59 Å². The van der Waals surface area contributed by atoms with Crippen molar-refractivity contribution in [1.29, 1.82) is 0 Å². The average molecular weight is 270 g/mol. The first-order valence-corrected chi connectivity index (χ1v) is 7.24. The van der Waals surface area contributed by atoms with Crippen LogP contribution >= 0.6 is 0 Å². The molecule has 1 saturated carbocycles. The molecule has 1 fully saturated rings. The number of carboxylic acids is 1. The quantitative estimate of drug-likeness (QED) is 0.763. The summed E-state index contributed by atoms with van der Waals surface area (Å²) in [6.07, 6.45) is 6.66. The third-order valence-electron chi connectivity index (χ3n) is 3.77. The number of nitrogens with zero attached hydrogens (tertiary/aromatic N) is 2. The Morgan fingerprint density at radius 1 is 1.16 bits per heavy atom. The lowest BCUT2D eigenvalue weighted by Gasteiger charge is -2.32. The molecule has 5 heteroatoms.